The standard InChI is InChI=1S/C21H23F2N3O/c1-25(19-9-8-14-6-2-3-7-16(14)19)21(27)24-15-12-17(22)20(18(23)13-15)26-10-4-5-11-26/h2-3,6-7,12-13,19H,4-5,8-11H2,1H3,(H,24,27). The molecule has 1 heterocycles. The van der Waals surface area contributed by atoms with Gasteiger partial charge in [-0.25, -0.2) is 13.6 Å². The Hall–Kier alpha value is -2.63. The quantitative estimate of drug-likeness (QED) is 0.848. The Kier molecular flexibility index (Phi) is 4.72. The highest BCUT2D eigenvalue weighted by Gasteiger charge is 2.29. The molecule has 2 aromatic carbocycles. The van der Waals surface area contributed by atoms with Crippen LogP contribution >= 0.6 is 0 Å². The Morgan fingerprint density at radius 1 is 1.15 bits per heavy atom. The van der Waals surface area contributed by atoms with Crippen molar-refractivity contribution in [1.82, 2.24) is 4.90 Å². The minimum Gasteiger partial charge on any atom is -0.367 e. The summed E-state index contributed by atoms with van der Waals surface area (Å²) in [4.78, 5) is 16.0. The zero-order valence-electron chi connectivity index (χ0n) is 15.3. The van der Waals surface area contributed by atoms with Crippen molar-refractivity contribution in [2.75, 3.05) is 30.4 Å². The van der Waals surface area contributed by atoms with Gasteiger partial charge in [-0.1, -0.05) is 24.3 Å². The molecule has 1 aliphatic carbocycles. The summed E-state index contributed by atoms with van der Waals surface area (Å²) in [5.41, 5.74) is 2.52. The number of hydrogen-bond donors (Lipinski definition) is 1. The lowest BCUT2D eigenvalue weighted by atomic mass is 10.1. The van der Waals surface area contributed by atoms with E-state index in [1.165, 1.54) is 17.7 Å². The molecule has 0 saturated carbocycles. The average molecular weight is 371 g/mol. The summed E-state index contributed by atoms with van der Waals surface area (Å²) >= 11 is 0. The van der Waals surface area contributed by atoms with Crippen LogP contribution in [0.1, 0.15) is 36.4 Å². The maximum Gasteiger partial charge on any atom is 0.322 e. The third-order valence-corrected chi connectivity index (χ3v) is 5.58. The Morgan fingerprint density at radius 2 is 1.81 bits per heavy atom. The van der Waals surface area contributed by atoms with Crippen molar-refractivity contribution in [3.05, 3.63) is 59.2 Å². The average Bonchev–Trinajstić information content (AvgIpc) is 3.30. The van der Waals surface area contributed by atoms with Gasteiger partial charge in [0.05, 0.1) is 6.04 Å². The van der Waals surface area contributed by atoms with Gasteiger partial charge >= 0.3 is 6.03 Å². The van der Waals surface area contributed by atoms with E-state index in [0.717, 1.165) is 31.2 Å². The van der Waals surface area contributed by atoms with Gasteiger partial charge in [0.15, 0.2) is 11.6 Å². The number of anilines is 2. The minimum absolute atomic E-state index is 0.00331. The summed E-state index contributed by atoms with van der Waals surface area (Å²) in [5, 5.41) is 2.64. The molecular formula is C21H23F2N3O. The fraction of sp³-hybridized carbons (Fsp3) is 0.381. The summed E-state index contributed by atoms with van der Waals surface area (Å²) in [6.07, 6.45) is 3.64. The van der Waals surface area contributed by atoms with Crippen molar-refractivity contribution < 1.29 is 13.6 Å². The van der Waals surface area contributed by atoms with E-state index < -0.39 is 11.6 Å². The first-order chi connectivity index (χ1) is 13.0. The number of amides is 2. The first-order valence-electron chi connectivity index (χ1n) is 9.40. The predicted octanol–water partition coefficient (Wildman–Crippen LogP) is 4.72. The van der Waals surface area contributed by atoms with Crippen LogP contribution in [0.25, 0.3) is 0 Å². The number of hydrogen-bond acceptors (Lipinski definition) is 2. The van der Waals surface area contributed by atoms with Crippen LogP contribution in [0, 0.1) is 11.6 Å². The van der Waals surface area contributed by atoms with E-state index in [9.17, 15) is 13.6 Å². The first kappa shape index (κ1) is 17.8. The van der Waals surface area contributed by atoms with Crippen molar-refractivity contribution in [3.8, 4) is 0 Å². The second-order valence-corrected chi connectivity index (χ2v) is 7.28. The number of benzene rings is 2. The first-order valence-corrected chi connectivity index (χ1v) is 9.40. The number of nitrogens with one attached hydrogen (secondary N) is 1. The van der Waals surface area contributed by atoms with Crippen molar-refractivity contribution >= 4 is 17.4 Å². The molecule has 4 nitrogen and oxygen atoms in total. The highest BCUT2D eigenvalue weighted by atomic mass is 19.1. The van der Waals surface area contributed by atoms with Crippen LogP contribution in [-0.2, 0) is 6.42 Å². The highest BCUT2D eigenvalue weighted by molar-refractivity contribution is 5.89. The molecular weight excluding hydrogens is 348 g/mol. The molecule has 2 aromatic rings. The van der Waals surface area contributed by atoms with Crippen LogP contribution in [0.2, 0.25) is 0 Å². The maximum absolute atomic E-state index is 14.5. The van der Waals surface area contributed by atoms with Crippen molar-refractivity contribution in [1.29, 1.82) is 0 Å². The molecule has 1 atom stereocenters. The Labute approximate surface area is 157 Å². The lowest BCUT2D eigenvalue weighted by Gasteiger charge is -2.26. The Bertz CT molecular complexity index is 841. The van der Waals surface area contributed by atoms with E-state index in [0.29, 0.717) is 13.1 Å². The van der Waals surface area contributed by atoms with E-state index in [2.05, 4.69) is 11.4 Å². The number of aryl methyl sites for hydroxylation is 1. The molecule has 1 unspecified atom stereocenters. The monoisotopic (exact) mass is 371 g/mol. The second kappa shape index (κ2) is 7.18. The van der Waals surface area contributed by atoms with Gasteiger partial charge in [0, 0.05) is 25.8 Å². The Balaban J connectivity index is 1.50. The largest absolute Gasteiger partial charge is 0.367 e. The van der Waals surface area contributed by atoms with E-state index in [1.807, 2.05) is 18.2 Å². The predicted molar refractivity (Wildman–Crippen MR) is 102 cm³/mol. The third kappa shape index (κ3) is 3.36. The van der Waals surface area contributed by atoms with Crippen molar-refractivity contribution in [2.24, 2.45) is 0 Å². The maximum atomic E-state index is 14.5. The number of nitrogens with zero attached hydrogens (tertiary/aromatic N) is 2. The third-order valence-electron chi connectivity index (χ3n) is 5.58. The molecule has 1 saturated heterocycles. The molecule has 27 heavy (non-hydrogen) atoms. The second-order valence-electron chi connectivity index (χ2n) is 7.28. The van der Waals surface area contributed by atoms with Crippen molar-refractivity contribution in [2.45, 2.75) is 31.7 Å². The molecule has 4 rings (SSSR count). The molecule has 1 fully saturated rings. The molecule has 2 aliphatic rings. The van der Waals surface area contributed by atoms with Gasteiger partial charge in [0.2, 0.25) is 0 Å². The summed E-state index contributed by atoms with van der Waals surface area (Å²) < 4.78 is 28.9. The molecule has 1 aliphatic heterocycles. The van der Waals surface area contributed by atoms with Gasteiger partial charge in [0.25, 0.3) is 0 Å². The molecule has 0 radical (unpaired) electrons. The van der Waals surface area contributed by atoms with Gasteiger partial charge in [-0.3, -0.25) is 0 Å². The number of halogens is 2. The van der Waals surface area contributed by atoms with Crippen LogP contribution in [-0.4, -0.2) is 31.1 Å². The molecule has 0 aromatic heterocycles. The van der Waals surface area contributed by atoms with Gasteiger partial charge in [-0.2, -0.15) is 0 Å². The zero-order chi connectivity index (χ0) is 19.0. The number of carbonyl (C=O) groups excluding carboxylic acids is 1. The highest BCUT2D eigenvalue weighted by Crippen LogP contribution is 2.35. The minimum atomic E-state index is -0.638. The van der Waals surface area contributed by atoms with E-state index in [1.54, 1.807) is 16.8 Å². The van der Waals surface area contributed by atoms with Gasteiger partial charge in [-0.15, -0.1) is 0 Å². The van der Waals surface area contributed by atoms with Crippen molar-refractivity contribution in [3.63, 3.8) is 0 Å². The van der Waals surface area contributed by atoms with E-state index in [-0.39, 0.29) is 23.4 Å². The van der Waals surface area contributed by atoms with E-state index >= 15 is 0 Å². The lowest BCUT2D eigenvalue weighted by Crippen LogP contribution is -2.34. The summed E-state index contributed by atoms with van der Waals surface area (Å²) in [6, 6.07) is 10.1. The number of urea groups is 1. The van der Waals surface area contributed by atoms with Crippen LogP contribution in [0.15, 0.2) is 36.4 Å². The SMILES string of the molecule is CN(C(=O)Nc1cc(F)c(N2CCCC2)c(F)c1)C1CCc2ccccc21. The van der Waals surface area contributed by atoms with Gasteiger partial charge < -0.3 is 15.1 Å². The molecule has 0 spiro atoms. The Morgan fingerprint density at radius 3 is 2.52 bits per heavy atom. The smallest absolute Gasteiger partial charge is 0.322 e. The fourth-order valence-electron chi connectivity index (χ4n) is 4.17. The van der Waals surface area contributed by atoms with E-state index in [4.69, 9.17) is 0 Å². The van der Waals surface area contributed by atoms with Crippen LogP contribution < -0.4 is 10.2 Å². The summed E-state index contributed by atoms with van der Waals surface area (Å²) in [5.74, 6) is -1.28. The number of rotatable bonds is 3. The van der Waals surface area contributed by atoms with Crippen LogP contribution in [0.5, 0.6) is 0 Å². The molecule has 2 amide bonds. The summed E-state index contributed by atoms with van der Waals surface area (Å²) in [7, 11) is 1.72. The molecule has 6 heteroatoms. The summed E-state index contributed by atoms with van der Waals surface area (Å²) in [6.45, 7) is 1.31. The zero-order valence-corrected chi connectivity index (χ0v) is 15.3. The van der Waals surface area contributed by atoms with Crippen LogP contribution in [0.3, 0.4) is 0 Å². The molecule has 1 N–H and O–H groups in total. The molecule has 0 bridgehead atoms. The number of fused-ring (bicyclic) bond motifs is 1. The fourth-order valence-corrected chi connectivity index (χ4v) is 4.17. The molecule has 142 valence electrons. The topological polar surface area (TPSA) is 35.6 Å². The number of carbonyl (C=O) groups is 1. The van der Waals surface area contributed by atoms with Gasteiger partial charge in [0.1, 0.15) is 5.69 Å². The van der Waals surface area contributed by atoms with Gasteiger partial charge in [-0.05, 0) is 48.9 Å². The van der Waals surface area contributed by atoms with Crippen LogP contribution in [0.4, 0.5) is 25.0 Å². The lowest BCUT2D eigenvalue weighted by molar-refractivity contribution is 0.204. The normalized spacial score (nSPS) is 18.5.